The predicted octanol–water partition coefficient (Wildman–Crippen LogP) is 12.4. The quantitative estimate of drug-likeness (QED) is 0.169. The van der Waals surface area contributed by atoms with E-state index >= 15 is 0 Å². The highest BCUT2D eigenvalue weighted by Crippen LogP contribution is 2.38. The molecule has 0 aliphatic rings. The minimum absolute atomic E-state index is 0.514. The van der Waals surface area contributed by atoms with Gasteiger partial charge in [-0.1, -0.05) is 127 Å². The molecule has 0 bridgehead atoms. The molecule has 59 heavy (non-hydrogen) atoms. The SMILES string of the molecule is c1ccc(-c2nc(-c3ccccc3)nc(-n3cnc4cc(-n5c6ccccc6c6cc(-c7ccc8c(c7)c7ccccc7n8-c7ccccc7)ccc65)ccc43)n2)cc1. The van der Waals surface area contributed by atoms with E-state index in [1.54, 1.807) is 6.33 Å². The molecule has 4 heterocycles. The van der Waals surface area contributed by atoms with Crippen molar-refractivity contribution in [2.24, 2.45) is 0 Å². The molecule has 0 fully saturated rings. The van der Waals surface area contributed by atoms with Crippen molar-refractivity contribution < 1.29 is 0 Å². The number of aromatic nitrogens is 7. The van der Waals surface area contributed by atoms with Crippen molar-refractivity contribution in [1.29, 1.82) is 0 Å². The first-order chi connectivity index (χ1) is 29.2. The third-order valence-corrected chi connectivity index (χ3v) is 11.4. The normalized spacial score (nSPS) is 11.7. The number of hydrogen-bond acceptors (Lipinski definition) is 4. The van der Waals surface area contributed by atoms with E-state index < -0.39 is 0 Å². The summed E-state index contributed by atoms with van der Waals surface area (Å²) < 4.78 is 6.65. The maximum atomic E-state index is 4.95. The maximum Gasteiger partial charge on any atom is 0.239 e. The third-order valence-electron chi connectivity index (χ3n) is 11.4. The second kappa shape index (κ2) is 13.2. The molecule has 0 spiro atoms. The summed E-state index contributed by atoms with van der Waals surface area (Å²) >= 11 is 0. The Labute approximate surface area is 338 Å². The molecule has 0 atom stereocenters. The summed E-state index contributed by atoms with van der Waals surface area (Å²) in [4.78, 5) is 19.7. The van der Waals surface area contributed by atoms with Crippen LogP contribution in [0.1, 0.15) is 0 Å². The van der Waals surface area contributed by atoms with Crippen LogP contribution < -0.4 is 0 Å². The van der Waals surface area contributed by atoms with E-state index in [1.807, 2.05) is 65.2 Å². The van der Waals surface area contributed by atoms with Gasteiger partial charge in [-0.2, -0.15) is 9.97 Å². The van der Waals surface area contributed by atoms with Gasteiger partial charge in [0.2, 0.25) is 5.95 Å². The highest BCUT2D eigenvalue weighted by Gasteiger charge is 2.18. The number of rotatable bonds is 6. The zero-order valence-electron chi connectivity index (χ0n) is 31.7. The molecule has 0 radical (unpaired) electrons. The van der Waals surface area contributed by atoms with Gasteiger partial charge in [0.05, 0.1) is 33.1 Å². The molecule has 276 valence electrons. The molecule has 0 aliphatic heterocycles. The van der Waals surface area contributed by atoms with Crippen LogP contribution in [0.2, 0.25) is 0 Å². The van der Waals surface area contributed by atoms with Crippen molar-refractivity contribution in [3.8, 4) is 51.2 Å². The van der Waals surface area contributed by atoms with Crippen molar-refractivity contribution >= 4 is 54.6 Å². The molecular formula is C52H33N7. The van der Waals surface area contributed by atoms with Gasteiger partial charge >= 0.3 is 0 Å². The Hall–Kier alpha value is -8.16. The lowest BCUT2D eigenvalue weighted by molar-refractivity contribution is 0.923. The zero-order valence-corrected chi connectivity index (χ0v) is 31.7. The number of benzene rings is 8. The molecule has 7 heteroatoms. The van der Waals surface area contributed by atoms with Gasteiger partial charge in [-0.05, 0) is 77.9 Å². The second-order valence-electron chi connectivity index (χ2n) is 14.8. The lowest BCUT2D eigenvalue weighted by Crippen LogP contribution is -2.05. The fourth-order valence-electron chi connectivity index (χ4n) is 8.64. The maximum absolute atomic E-state index is 4.95. The van der Waals surface area contributed by atoms with Gasteiger partial charge in [0.25, 0.3) is 0 Å². The summed E-state index contributed by atoms with van der Waals surface area (Å²) in [5, 5.41) is 4.88. The van der Waals surface area contributed by atoms with Crippen molar-refractivity contribution in [2.75, 3.05) is 0 Å². The minimum Gasteiger partial charge on any atom is -0.309 e. The molecule has 0 saturated heterocycles. The highest BCUT2D eigenvalue weighted by molar-refractivity contribution is 6.12. The number of para-hydroxylation sites is 3. The molecule has 12 aromatic rings. The zero-order chi connectivity index (χ0) is 38.9. The van der Waals surface area contributed by atoms with Crippen LogP contribution in [0, 0.1) is 0 Å². The Balaban J connectivity index is 0.969. The fraction of sp³-hybridized carbons (Fsp3) is 0. The van der Waals surface area contributed by atoms with E-state index in [4.69, 9.17) is 19.9 Å². The van der Waals surface area contributed by atoms with Crippen LogP contribution in [-0.4, -0.2) is 33.6 Å². The number of hydrogen-bond donors (Lipinski definition) is 0. The first-order valence-corrected chi connectivity index (χ1v) is 19.7. The molecule has 0 unspecified atom stereocenters. The van der Waals surface area contributed by atoms with Crippen LogP contribution in [0.15, 0.2) is 200 Å². The minimum atomic E-state index is 0.514. The molecule has 7 nitrogen and oxygen atoms in total. The molecule has 0 saturated carbocycles. The summed E-state index contributed by atoms with van der Waals surface area (Å²) in [6.07, 6.45) is 1.81. The first-order valence-electron chi connectivity index (χ1n) is 19.7. The highest BCUT2D eigenvalue weighted by atomic mass is 15.2. The van der Waals surface area contributed by atoms with E-state index in [9.17, 15) is 0 Å². The predicted molar refractivity (Wildman–Crippen MR) is 239 cm³/mol. The van der Waals surface area contributed by atoms with Crippen molar-refractivity contribution in [2.45, 2.75) is 0 Å². The average molecular weight is 756 g/mol. The Morgan fingerprint density at radius 3 is 1.37 bits per heavy atom. The van der Waals surface area contributed by atoms with Gasteiger partial charge in [0.15, 0.2) is 11.6 Å². The Bertz CT molecular complexity index is 3490. The summed E-state index contributed by atoms with van der Waals surface area (Å²) in [6.45, 7) is 0. The van der Waals surface area contributed by atoms with Crippen LogP contribution in [0.25, 0.3) is 106 Å². The van der Waals surface area contributed by atoms with E-state index in [1.165, 1.54) is 43.7 Å². The third kappa shape index (κ3) is 5.36. The molecule has 0 amide bonds. The van der Waals surface area contributed by atoms with Crippen LogP contribution in [0.4, 0.5) is 0 Å². The Morgan fingerprint density at radius 2 is 0.797 bits per heavy atom. The lowest BCUT2D eigenvalue weighted by atomic mass is 10.0. The van der Waals surface area contributed by atoms with Gasteiger partial charge in [0.1, 0.15) is 6.33 Å². The average Bonchev–Trinajstić information content (AvgIpc) is 3.99. The van der Waals surface area contributed by atoms with Crippen LogP contribution >= 0.6 is 0 Å². The van der Waals surface area contributed by atoms with Crippen LogP contribution in [0.5, 0.6) is 0 Å². The summed E-state index contributed by atoms with van der Waals surface area (Å²) in [6, 6.07) is 68.1. The monoisotopic (exact) mass is 755 g/mol. The van der Waals surface area contributed by atoms with Crippen molar-refractivity contribution in [1.82, 2.24) is 33.6 Å². The molecule has 4 aromatic heterocycles. The van der Waals surface area contributed by atoms with Gasteiger partial charge in [-0.3, -0.25) is 4.57 Å². The molecule has 12 rings (SSSR count). The Kier molecular flexibility index (Phi) is 7.40. The van der Waals surface area contributed by atoms with Crippen molar-refractivity contribution in [3.63, 3.8) is 0 Å². The summed E-state index contributed by atoms with van der Waals surface area (Å²) in [5.74, 6) is 1.73. The van der Waals surface area contributed by atoms with Crippen molar-refractivity contribution in [3.05, 3.63) is 200 Å². The number of nitrogens with zero attached hydrogens (tertiary/aromatic N) is 7. The topological polar surface area (TPSA) is 66.3 Å². The summed E-state index contributed by atoms with van der Waals surface area (Å²) in [5.41, 5.74) is 12.8. The molecule has 0 aliphatic carbocycles. The first kappa shape index (κ1) is 33.0. The Morgan fingerprint density at radius 1 is 0.322 bits per heavy atom. The summed E-state index contributed by atoms with van der Waals surface area (Å²) in [7, 11) is 0. The fourth-order valence-corrected chi connectivity index (χ4v) is 8.64. The molecule has 0 N–H and O–H groups in total. The molecular weight excluding hydrogens is 723 g/mol. The molecule has 8 aromatic carbocycles. The number of fused-ring (bicyclic) bond motifs is 7. The van der Waals surface area contributed by atoms with Gasteiger partial charge in [0, 0.05) is 44.0 Å². The second-order valence-corrected chi connectivity index (χ2v) is 14.8. The van der Waals surface area contributed by atoms with Gasteiger partial charge in [-0.25, -0.2) is 9.97 Å². The van der Waals surface area contributed by atoms with Gasteiger partial charge < -0.3 is 9.13 Å². The standard InChI is InChI=1S/C52H33N7/c1-4-14-34(15-5-1)50-54-51(35-16-6-2-7-17-35)56-52(55-50)57-33-53-44-32-39(26-29-49(44)57)59-46-23-13-11-21-41(46)43-31-37(25-28-48(43)59)36-24-27-47-42(30-36)40-20-10-12-22-45(40)58(47)38-18-8-3-9-19-38/h1-33H. The van der Waals surface area contributed by atoms with E-state index in [0.29, 0.717) is 17.6 Å². The van der Waals surface area contributed by atoms with Crippen LogP contribution in [-0.2, 0) is 0 Å². The van der Waals surface area contributed by atoms with E-state index in [-0.39, 0.29) is 0 Å². The van der Waals surface area contributed by atoms with E-state index in [2.05, 4.69) is 143 Å². The number of imidazole rings is 1. The lowest BCUT2D eigenvalue weighted by Gasteiger charge is -2.11. The van der Waals surface area contributed by atoms with Gasteiger partial charge in [-0.15, -0.1) is 0 Å². The van der Waals surface area contributed by atoms with Crippen LogP contribution in [0.3, 0.4) is 0 Å². The largest absolute Gasteiger partial charge is 0.309 e. The van der Waals surface area contributed by atoms with E-state index in [0.717, 1.165) is 44.6 Å². The smallest absolute Gasteiger partial charge is 0.239 e.